The number of piperidine rings is 2. The zero-order valence-electron chi connectivity index (χ0n) is 15.4. The molecule has 2 fully saturated rings. The van der Waals surface area contributed by atoms with Gasteiger partial charge in [0, 0.05) is 63.5 Å². The van der Waals surface area contributed by atoms with E-state index in [0.717, 1.165) is 51.9 Å². The van der Waals surface area contributed by atoms with Crippen molar-refractivity contribution in [1.29, 1.82) is 0 Å². The number of aromatic amines is 2. The minimum Gasteiger partial charge on any atom is -0.385 e. The van der Waals surface area contributed by atoms with Gasteiger partial charge in [0.2, 0.25) is 5.91 Å². The molecule has 0 aliphatic carbocycles. The van der Waals surface area contributed by atoms with Gasteiger partial charge in [-0.05, 0) is 32.2 Å². The standard InChI is InChI=1S/C18H28N4O4/c1-26-9-3-8-22-13-18(6-4-16(22)24)5-2-7-21(12-18)11-14-10-15(23)20-17(25)19-14/h10H,2-9,11-13H2,1H3,(H2,19,20,23,25)/t18-/m0/s1. The highest BCUT2D eigenvalue weighted by molar-refractivity contribution is 5.77. The molecule has 1 spiro atoms. The lowest BCUT2D eigenvalue weighted by Gasteiger charge is -2.48. The predicted octanol–water partition coefficient (Wildman–Crippen LogP) is 0.304. The number of H-pyrrole nitrogens is 2. The molecule has 2 aliphatic heterocycles. The highest BCUT2D eigenvalue weighted by Gasteiger charge is 2.41. The van der Waals surface area contributed by atoms with Gasteiger partial charge in [0.05, 0.1) is 0 Å². The summed E-state index contributed by atoms with van der Waals surface area (Å²) in [4.78, 5) is 44.4. The van der Waals surface area contributed by atoms with E-state index in [1.807, 2.05) is 4.90 Å². The number of likely N-dealkylation sites (tertiary alicyclic amines) is 2. The summed E-state index contributed by atoms with van der Waals surface area (Å²) in [6.07, 6.45) is 4.55. The summed E-state index contributed by atoms with van der Waals surface area (Å²) >= 11 is 0. The maximum absolute atomic E-state index is 12.3. The SMILES string of the molecule is COCCCN1C[C@@]2(CCCN(Cc3cc(=O)[nH]c(=O)[nH]3)C2)CCC1=O. The van der Waals surface area contributed by atoms with Crippen LogP contribution in [-0.2, 0) is 16.1 Å². The third kappa shape index (κ3) is 4.62. The topological polar surface area (TPSA) is 98.5 Å². The minimum absolute atomic E-state index is 0.112. The molecule has 3 rings (SSSR count). The lowest BCUT2D eigenvalue weighted by atomic mass is 9.73. The second-order valence-corrected chi connectivity index (χ2v) is 7.59. The van der Waals surface area contributed by atoms with Gasteiger partial charge in [0.1, 0.15) is 0 Å². The maximum atomic E-state index is 12.3. The zero-order valence-corrected chi connectivity index (χ0v) is 15.4. The monoisotopic (exact) mass is 364 g/mol. The van der Waals surface area contributed by atoms with Crippen molar-refractivity contribution < 1.29 is 9.53 Å². The molecule has 2 N–H and O–H groups in total. The Morgan fingerprint density at radius 2 is 2.04 bits per heavy atom. The molecule has 1 aromatic heterocycles. The fourth-order valence-corrected chi connectivity index (χ4v) is 4.33. The Bertz CT molecular complexity index is 715. The van der Waals surface area contributed by atoms with E-state index in [4.69, 9.17) is 4.74 Å². The van der Waals surface area contributed by atoms with Crippen molar-refractivity contribution in [3.05, 3.63) is 32.6 Å². The summed E-state index contributed by atoms with van der Waals surface area (Å²) in [6, 6.07) is 1.45. The Hall–Kier alpha value is -1.93. The van der Waals surface area contributed by atoms with Gasteiger partial charge in [0.15, 0.2) is 0 Å². The van der Waals surface area contributed by atoms with Crippen molar-refractivity contribution in [2.24, 2.45) is 5.41 Å². The summed E-state index contributed by atoms with van der Waals surface area (Å²) < 4.78 is 5.10. The van der Waals surface area contributed by atoms with Crippen LogP contribution in [0.5, 0.6) is 0 Å². The summed E-state index contributed by atoms with van der Waals surface area (Å²) in [5.74, 6) is 0.239. The number of hydrogen-bond donors (Lipinski definition) is 2. The Balaban J connectivity index is 1.65. The van der Waals surface area contributed by atoms with Crippen molar-refractivity contribution >= 4 is 5.91 Å². The first-order valence-corrected chi connectivity index (χ1v) is 9.31. The fourth-order valence-electron chi connectivity index (χ4n) is 4.33. The van der Waals surface area contributed by atoms with Crippen LogP contribution in [0, 0.1) is 5.41 Å². The third-order valence-corrected chi connectivity index (χ3v) is 5.48. The molecule has 1 atom stereocenters. The summed E-state index contributed by atoms with van der Waals surface area (Å²) in [6.45, 7) is 4.58. The smallest absolute Gasteiger partial charge is 0.325 e. The van der Waals surface area contributed by atoms with Gasteiger partial charge < -0.3 is 14.6 Å². The van der Waals surface area contributed by atoms with Gasteiger partial charge in [0.25, 0.3) is 5.56 Å². The van der Waals surface area contributed by atoms with Crippen LogP contribution in [0.25, 0.3) is 0 Å². The Labute approximate surface area is 152 Å². The van der Waals surface area contributed by atoms with E-state index in [9.17, 15) is 14.4 Å². The molecule has 1 aromatic rings. The lowest BCUT2D eigenvalue weighted by molar-refractivity contribution is -0.139. The van der Waals surface area contributed by atoms with Crippen molar-refractivity contribution in [2.45, 2.75) is 38.6 Å². The molecule has 26 heavy (non-hydrogen) atoms. The number of methoxy groups -OCH3 is 1. The minimum atomic E-state index is -0.466. The Morgan fingerprint density at radius 3 is 2.81 bits per heavy atom. The van der Waals surface area contributed by atoms with Crippen molar-refractivity contribution in [2.75, 3.05) is 39.9 Å². The van der Waals surface area contributed by atoms with Gasteiger partial charge in [-0.15, -0.1) is 0 Å². The third-order valence-electron chi connectivity index (χ3n) is 5.48. The normalized spacial score (nSPS) is 24.3. The van der Waals surface area contributed by atoms with E-state index in [1.165, 1.54) is 6.07 Å². The maximum Gasteiger partial charge on any atom is 0.325 e. The molecule has 2 aliphatic rings. The first-order valence-electron chi connectivity index (χ1n) is 9.31. The molecule has 0 unspecified atom stereocenters. The number of carbonyl (C=O) groups is 1. The van der Waals surface area contributed by atoms with Gasteiger partial charge >= 0.3 is 5.69 Å². The first-order chi connectivity index (χ1) is 12.5. The Morgan fingerprint density at radius 1 is 1.19 bits per heavy atom. The van der Waals surface area contributed by atoms with Crippen molar-refractivity contribution in [1.82, 2.24) is 19.8 Å². The van der Waals surface area contributed by atoms with Crippen LogP contribution in [0.2, 0.25) is 0 Å². The largest absolute Gasteiger partial charge is 0.385 e. The highest BCUT2D eigenvalue weighted by atomic mass is 16.5. The molecule has 8 nitrogen and oxygen atoms in total. The van der Waals surface area contributed by atoms with E-state index < -0.39 is 5.69 Å². The molecule has 3 heterocycles. The quantitative estimate of drug-likeness (QED) is 0.708. The number of aromatic nitrogens is 2. The Kier molecular flexibility index (Phi) is 5.93. The van der Waals surface area contributed by atoms with Crippen LogP contribution >= 0.6 is 0 Å². The van der Waals surface area contributed by atoms with Crippen LogP contribution in [0.4, 0.5) is 0 Å². The number of nitrogens with zero attached hydrogens (tertiary/aromatic N) is 2. The van der Waals surface area contributed by atoms with E-state index in [1.54, 1.807) is 7.11 Å². The van der Waals surface area contributed by atoms with Gasteiger partial charge in [-0.3, -0.25) is 19.5 Å². The average Bonchev–Trinajstić information content (AvgIpc) is 2.58. The second kappa shape index (κ2) is 8.18. The van der Waals surface area contributed by atoms with Gasteiger partial charge in [-0.1, -0.05) is 0 Å². The second-order valence-electron chi connectivity index (χ2n) is 7.59. The van der Waals surface area contributed by atoms with Crippen molar-refractivity contribution in [3.63, 3.8) is 0 Å². The molecule has 0 radical (unpaired) electrons. The summed E-state index contributed by atoms with van der Waals surface area (Å²) in [7, 11) is 1.68. The van der Waals surface area contributed by atoms with Gasteiger partial charge in [-0.25, -0.2) is 4.79 Å². The van der Waals surface area contributed by atoms with E-state index in [0.29, 0.717) is 25.3 Å². The number of rotatable bonds is 6. The predicted molar refractivity (Wildman–Crippen MR) is 96.9 cm³/mol. The van der Waals surface area contributed by atoms with E-state index >= 15 is 0 Å². The molecule has 144 valence electrons. The molecule has 0 saturated carbocycles. The molecule has 1 amide bonds. The van der Waals surface area contributed by atoms with E-state index in [-0.39, 0.29) is 16.9 Å². The molecule has 0 bridgehead atoms. The fraction of sp³-hybridized carbons (Fsp3) is 0.722. The first kappa shape index (κ1) is 18.8. The molecular weight excluding hydrogens is 336 g/mol. The number of hydrogen-bond acceptors (Lipinski definition) is 5. The molecule has 2 saturated heterocycles. The zero-order chi connectivity index (χ0) is 18.6. The number of ether oxygens (including phenoxy) is 1. The lowest BCUT2D eigenvalue weighted by Crippen LogP contribution is -2.54. The van der Waals surface area contributed by atoms with Crippen LogP contribution in [0.3, 0.4) is 0 Å². The summed E-state index contributed by atoms with van der Waals surface area (Å²) in [5, 5.41) is 0. The molecule has 8 heteroatoms. The van der Waals surface area contributed by atoms with Crippen LogP contribution in [-0.4, -0.2) is 65.6 Å². The van der Waals surface area contributed by atoms with Crippen LogP contribution in [0.1, 0.15) is 37.8 Å². The van der Waals surface area contributed by atoms with Crippen LogP contribution in [0.15, 0.2) is 15.7 Å². The number of carbonyl (C=O) groups excluding carboxylic acids is 1. The molecule has 0 aromatic carbocycles. The summed E-state index contributed by atoms with van der Waals surface area (Å²) in [5.41, 5.74) is -0.0877. The number of amides is 1. The number of nitrogens with one attached hydrogen (secondary N) is 2. The van der Waals surface area contributed by atoms with Crippen LogP contribution < -0.4 is 11.2 Å². The van der Waals surface area contributed by atoms with E-state index in [2.05, 4.69) is 14.9 Å². The van der Waals surface area contributed by atoms with Gasteiger partial charge in [-0.2, -0.15) is 0 Å². The average molecular weight is 364 g/mol. The highest BCUT2D eigenvalue weighted by Crippen LogP contribution is 2.39. The molecular formula is C18H28N4O4. The van der Waals surface area contributed by atoms with Crippen molar-refractivity contribution in [3.8, 4) is 0 Å².